The third kappa shape index (κ3) is 2.66. The first-order valence-corrected chi connectivity index (χ1v) is 7.30. The van der Waals surface area contributed by atoms with Gasteiger partial charge in [0, 0.05) is 19.3 Å². The van der Waals surface area contributed by atoms with Gasteiger partial charge in [-0.05, 0) is 18.6 Å². The average Bonchev–Trinajstić information content (AvgIpc) is 2.69. The van der Waals surface area contributed by atoms with E-state index in [0.717, 1.165) is 12.3 Å². The van der Waals surface area contributed by atoms with Crippen molar-refractivity contribution in [1.29, 1.82) is 0 Å². The van der Waals surface area contributed by atoms with Crippen molar-refractivity contribution in [2.75, 3.05) is 18.6 Å². The smallest absolute Gasteiger partial charge is 0.255 e. The van der Waals surface area contributed by atoms with E-state index >= 15 is 0 Å². The Labute approximate surface area is 105 Å². The molecule has 1 aliphatic heterocycles. The Morgan fingerprint density at radius 3 is 2.72 bits per heavy atom. The highest BCUT2D eigenvalue weighted by Gasteiger charge is 2.33. The molecule has 1 atom stereocenters. The van der Waals surface area contributed by atoms with Crippen LogP contribution in [0.5, 0.6) is 0 Å². The summed E-state index contributed by atoms with van der Waals surface area (Å²) in [5.41, 5.74) is 0.253. The molecule has 1 amide bonds. The molecule has 0 radical (unpaired) electrons. The molecule has 7 heteroatoms. The van der Waals surface area contributed by atoms with Gasteiger partial charge in [0.1, 0.15) is 0 Å². The van der Waals surface area contributed by atoms with E-state index in [0.29, 0.717) is 6.42 Å². The maximum atomic E-state index is 12.6. The first-order valence-electron chi connectivity index (χ1n) is 5.48. The standard InChI is InChI=1S/C11H13FN2O3S/c1-14(9-4-5-18(16,17)7-9)11(15)8-2-3-10(12)13-6-8/h2-3,6,9H,4-5,7H2,1H3. The van der Waals surface area contributed by atoms with Gasteiger partial charge < -0.3 is 4.90 Å². The van der Waals surface area contributed by atoms with Crippen LogP contribution in [-0.4, -0.2) is 48.8 Å². The minimum absolute atomic E-state index is 0.0101. The van der Waals surface area contributed by atoms with Crippen LogP contribution in [0.25, 0.3) is 0 Å². The number of sulfone groups is 1. The number of aromatic nitrogens is 1. The third-order valence-corrected chi connectivity index (χ3v) is 4.80. The molecule has 0 aliphatic carbocycles. The van der Waals surface area contributed by atoms with Gasteiger partial charge in [-0.25, -0.2) is 13.4 Å². The van der Waals surface area contributed by atoms with Crippen molar-refractivity contribution in [3.05, 3.63) is 29.8 Å². The van der Waals surface area contributed by atoms with Gasteiger partial charge in [-0.2, -0.15) is 4.39 Å². The molecule has 1 aromatic heterocycles. The van der Waals surface area contributed by atoms with Crippen LogP contribution >= 0.6 is 0 Å². The fourth-order valence-corrected chi connectivity index (χ4v) is 3.73. The molecule has 2 heterocycles. The van der Waals surface area contributed by atoms with Gasteiger partial charge in [-0.15, -0.1) is 0 Å². The molecule has 98 valence electrons. The van der Waals surface area contributed by atoms with E-state index in [1.54, 1.807) is 7.05 Å². The van der Waals surface area contributed by atoms with Crippen molar-refractivity contribution in [3.63, 3.8) is 0 Å². The molecular weight excluding hydrogens is 259 g/mol. The highest BCUT2D eigenvalue weighted by molar-refractivity contribution is 7.91. The van der Waals surface area contributed by atoms with Gasteiger partial charge in [0.2, 0.25) is 5.95 Å². The van der Waals surface area contributed by atoms with E-state index in [9.17, 15) is 17.6 Å². The normalized spacial score (nSPS) is 21.8. The summed E-state index contributed by atoms with van der Waals surface area (Å²) in [6.45, 7) is 0. The largest absolute Gasteiger partial charge is 0.338 e. The van der Waals surface area contributed by atoms with Crippen LogP contribution in [0.3, 0.4) is 0 Å². The molecule has 1 saturated heterocycles. The van der Waals surface area contributed by atoms with Crippen LogP contribution in [-0.2, 0) is 9.84 Å². The number of rotatable bonds is 2. The molecule has 0 spiro atoms. The zero-order chi connectivity index (χ0) is 13.3. The van der Waals surface area contributed by atoms with Gasteiger partial charge in [0.05, 0.1) is 17.1 Å². The van der Waals surface area contributed by atoms with Crippen molar-refractivity contribution in [3.8, 4) is 0 Å². The average molecular weight is 272 g/mol. The van der Waals surface area contributed by atoms with Crippen LogP contribution in [0.1, 0.15) is 16.8 Å². The van der Waals surface area contributed by atoms with E-state index in [4.69, 9.17) is 0 Å². The zero-order valence-electron chi connectivity index (χ0n) is 9.84. The Morgan fingerprint density at radius 2 is 2.22 bits per heavy atom. The zero-order valence-corrected chi connectivity index (χ0v) is 10.7. The lowest BCUT2D eigenvalue weighted by molar-refractivity contribution is 0.0747. The molecule has 2 rings (SSSR count). The third-order valence-electron chi connectivity index (χ3n) is 3.05. The molecule has 0 saturated carbocycles. The number of carbonyl (C=O) groups excluding carboxylic acids is 1. The summed E-state index contributed by atoms with van der Waals surface area (Å²) in [6.07, 6.45) is 1.59. The lowest BCUT2D eigenvalue weighted by atomic mass is 10.2. The summed E-state index contributed by atoms with van der Waals surface area (Å²) < 4.78 is 35.3. The molecular formula is C11H13FN2O3S. The Hall–Kier alpha value is -1.50. The molecule has 18 heavy (non-hydrogen) atoms. The van der Waals surface area contributed by atoms with Crippen LogP contribution in [0, 0.1) is 5.95 Å². The van der Waals surface area contributed by atoms with Crippen molar-refractivity contribution in [2.45, 2.75) is 12.5 Å². The number of carbonyl (C=O) groups is 1. The van der Waals surface area contributed by atoms with Gasteiger partial charge in [-0.1, -0.05) is 0 Å². The van der Waals surface area contributed by atoms with Gasteiger partial charge >= 0.3 is 0 Å². The lowest BCUT2D eigenvalue weighted by Gasteiger charge is -2.23. The first-order chi connectivity index (χ1) is 8.39. The second-order valence-corrected chi connectivity index (χ2v) is 6.57. The number of nitrogens with zero attached hydrogens (tertiary/aromatic N) is 2. The van der Waals surface area contributed by atoms with Gasteiger partial charge in [0.25, 0.3) is 5.91 Å². The van der Waals surface area contributed by atoms with E-state index in [1.807, 2.05) is 0 Å². The first kappa shape index (κ1) is 12.9. The predicted molar refractivity (Wildman–Crippen MR) is 63.3 cm³/mol. The topological polar surface area (TPSA) is 67.3 Å². The minimum Gasteiger partial charge on any atom is -0.338 e. The van der Waals surface area contributed by atoms with E-state index in [-0.39, 0.29) is 29.0 Å². The van der Waals surface area contributed by atoms with Crippen LogP contribution in [0.2, 0.25) is 0 Å². The molecule has 0 N–H and O–H groups in total. The van der Waals surface area contributed by atoms with Crippen molar-refractivity contribution < 1.29 is 17.6 Å². The Balaban J connectivity index is 2.12. The van der Waals surface area contributed by atoms with Crippen LogP contribution in [0.4, 0.5) is 4.39 Å². The maximum absolute atomic E-state index is 12.6. The fourth-order valence-electron chi connectivity index (χ4n) is 1.95. The molecule has 1 aromatic rings. The quantitative estimate of drug-likeness (QED) is 0.734. The van der Waals surface area contributed by atoms with Crippen molar-refractivity contribution >= 4 is 15.7 Å². The summed E-state index contributed by atoms with van der Waals surface area (Å²) in [5.74, 6) is -0.900. The maximum Gasteiger partial charge on any atom is 0.255 e. The molecule has 1 fully saturated rings. The number of halogens is 1. The van der Waals surface area contributed by atoms with Gasteiger partial charge in [-0.3, -0.25) is 4.79 Å². The summed E-state index contributed by atoms with van der Waals surface area (Å²) in [7, 11) is -1.48. The SMILES string of the molecule is CN(C(=O)c1ccc(F)nc1)C1CCS(=O)(=O)C1. The summed E-state index contributed by atoms with van der Waals surface area (Å²) in [6, 6.07) is 2.13. The highest BCUT2D eigenvalue weighted by Crippen LogP contribution is 2.18. The molecule has 1 aliphatic rings. The fraction of sp³-hybridized carbons (Fsp3) is 0.455. The lowest BCUT2D eigenvalue weighted by Crippen LogP contribution is -2.37. The summed E-state index contributed by atoms with van der Waals surface area (Å²) >= 11 is 0. The summed E-state index contributed by atoms with van der Waals surface area (Å²) in [4.78, 5) is 16.8. The molecule has 5 nitrogen and oxygen atoms in total. The minimum atomic E-state index is -3.03. The molecule has 0 bridgehead atoms. The second-order valence-electron chi connectivity index (χ2n) is 4.34. The van der Waals surface area contributed by atoms with Crippen LogP contribution < -0.4 is 0 Å². The van der Waals surface area contributed by atoms with Crippen molar-refractivity contribution in [2.24, 2.45) is 0 Å². The monoisotopic (exact) mass is 272 g/mol. The highest BCUT2D eigenvalue weighted by atomic mass is 32.2. The second kappa shape index (κ2) is 4.64. The number of hydrogen-bond donors (Lipinski definition) is 0. The van der Waals surface area contributed by atoms with E-state index in [2.05, 4.69) is 4.98 Å². The Morgan fingerprint density at radius 1 is 1.50 bits per heavy atom. The number of hydrogen-bond acceptors (Lipinski definition) is 4. The molecule has 1 unspecified atom stereocenters. The number of amides is 1. The molecule has 0 aromatic carbocycles. The Kier molecular flexibility index (Phi) is 3.34. The predicted octanol–water partition coefficient (Wildman–Crippen LogP) is 0.480. The summed E-state index contributed by atoms with van der Waals surface area (Å²) in [5, 5.41) is 0. The van der Waals surface area contributed by atoms with E-state index in [1.165, 1.54) is 11.0 Å². The van der Waals surface area contributed by atoms with E-state index < -0.39 is 15.8 Å². The van der Waals surface area contributed by atoms with Crippen molar-refractivity contribution in [1.82, 2.24) is 9.88 Å². The Bertz CT molecular complexity index is 556. The number of pyridine rings is 1. The van der Waals surface area contributed by atoms with Crippen LogP contribution in [0.15, 0.2) is 18.3 Å². The van der Waals surface area contributed by atoms with Gasteiger partial charge in [0.15, 0.2) is 9.84 Å².